The van der Waals surface area contributed by atoms with Crippen LogP contribution in [0.5, 0.6) is 0 Å². The summed E-state index contributed by atoms with van der Waals surface area (Å²) in [5.41, 5.74) is 0. The summed E-state index contributed by atoms with van der Waals surface area (Å²) in [6.45, 7) is 2.27. The first kappa shape index (κ1) is 10.2. The van der Waals surface area contributed by atoms with Crippen LogP contribution in [0.3, 0.4) is 0 Å². The predicted octanol–water partition coefficient (Wildman–Crippen LogP) is 3.89. The normalized spacial score (nSPS) is 32.4. The number of allylic oxidation sites excluding steroid dienone is 2. The van der Waals surface area contributed by atoms with Gasteiger partial charge in [-0.3, -0.25) is 0 Å². The summed E-state index contributed by atoms with van der Waals surface area (Å²) in [4.78, 5) is 2.07. The summed E-state index contributed by atoms with van der Waals surface area (Å²) in [7, 11) is 12.4. The molecule has 0 spiro atoms. The van der Waals surface area contributed by atoms with Gasteiger partial charge in [0.15, 0.2) is 0 Å². The van der Waals surface area contributed by atoms with Crippen molar-refractivity contribution in [2.75, 3.05) is 0 Å². The Hall–Kier alpha value is 1.12. The zero-order valence-electron chi connectivity index (χ0n) is 6.98. The third kappa shape index (κ3) is 3.15. The zero-order valence-corrected chi connectivity index (χ0v) is 11.3. The molecule has 0 heterocycles. The molecule has 0 aromatic carbocycles. The Morgan fingerprint density at radius 3 is 2.45 bits per heavy atom. The second-order valence-electron chi connectivity index (χ2n) is 3.57. The van der Waals surface area contributed by atoms with E-state index in [2.05, 4.69) is 24.0 Å². The molecule has 1 aliphatic carbocycles. The van der Waals surface area contributed by atoms with Gasteiger partial charge in [-0.25, -0.2) is 0 Å². The van der Waals surface area contributed by atoms with E-state index >= 15 is 0 Å². The van der Waals surface area contributed by atoms with Crippen molar-refractivity contribution >= 4 is 34.0 Å². The summed E-state index contributed by atoms with van der Waals surface area (Å²) in [5, 5.41) is 0. The minimum atomic E-state index is -2.63. The molecular formula is C8H14Cl2Sn. The molecule has 0 aliphatic heterocycles. The molecule has 3 heteroatoms. The summed E-state index contributed by atoms with van der Waals surface area (Å²) in [6, 6.07) is 0. The molecule has 1 rings (SSSR count). The molecule has 0 fully saturated rings. The maximum absolute atomic E-state index is 6.20. The molecule has 1 aliphatic rings. The van der Waals surface area contributed by atoms with Crippen molar-refractivity contribution < 1.29 is 0 Å². The van der Waals surface area contributed by atoms with Crippen molar-refractivity contribution in [3.05, 3.63) is 12.2 Å². The number of rotatable bonds is 1. The van der Waals surface area contributed by atoms with Crippen molar-refractivity contribution in [2.24, 2.45) is 5.92 Å². The van der Waals surface area contributed by atoms with Gasteiger partial charge >= 0.3 is 80.7 Å². The molecule has 2 atom stereocenters. The van der Waals surface area contributed by atoms with Crippen LogP contribution in [-0.2, 0) is 0 Å². The Labute approximate surface area is 80.3 Å². The van der Waals surface area contributed by atoms with Crippen LogP contribution in [0.25, 0.3) is 0 Å². The van der Waals surface area contributed by atoms with Crippen LogP contribution in [-0.4, -0.2) is 16.1 Å². The van der Waals surface area contributed by atoms with Crippen LogP contribution >= 0.6 is 17.8 Å². The molecule has 0 N–H and O–H groups in total. The quantitative estimate of drug-likeness (QED) is 0.509. The Morgan fingerprint density at radius 2 is 2.09 bits per heavy atom. The first-order chi connectivity index (χ1) is 5.00. The molecule has 0 aromatic heterocycles. The fourth-order valence-corrected chi connectivity index (χ4v) is 7.31. The van der Waals surface area contributed by atoms with Gasteiger partial charge in [0.2, 0.25) is 0 Å². The van der Waals surface area contributed by atoms with E-state index in [0.717, 1.165) is 5.92 Å². The topological polar surface area (TPSA) is 0 Å². The second kappa shape index (κ2) is 3.88. The van der Waals surface area contributed by atoms with Crippen LogP contribution in [0.4, 0.5) is 0 Å². The van der Waals surface area contributed by atoms with Crippen LogP contribution in [0.15, 0.2) is 12.2 Å². The average Bonchev–Trinajstić information content (AvgIpc) is 1.86. The van der Waals surface area contributed by atoms with Crippen molar-refractivity contribution in [3.8, 4) is 0 Å². The maximum atomic E-state index is 6.20. The third-order valence-electron chi connectivity index (χ3n) is 2.21. The summed E-state index contributed by atoms with van der Waals surface area (Å²) < 4.78 is 0.538. The van der Waals surface area contributed by atoms with Gasteiger partial charge in [0, 0.05) is 0 Å². The van der Waals surface area contributed by atoms with Crippen molar-refractivity contribution in [1.82, 2.24) is 0 Å². The van der Waals surface area contributed by atoms with Gasteiger partial charge in [-0.1, -0.05) is 0 Å². The van der Waals surface area contributed by atoms with Gasteiger partial charge in [-0.2, -0.15) is 0 Å². The molecule has 0 nitrogen and oxygen atoms in total. The van der Waals surface area contributed by atoms with E-state index in [1.165, 1.54) is 12.8 Å². The van der Waals surface area contributed by atoms with E-state index in [1.54, 1.807) is 0 Å². The number of halogens is 2. The first-order valence-electron chi connectivity index (χ1n) is 4.04. The fraction of sp³-hybridized carbons (Fsp3) is 0.750. The molecule has 0 bridgehead atoms. The van der Waals surface area contributed by atoms with E-state index in [4.69, 9.17) is 17.8 Å². The van der Waals surface area contributed by atoms with Gasteiger partial charge < -0.3 is 0 Å². The van der Waals surface area contributed by atoms with Gasteiger partial charge in [0.1, 0.15) is 0 Å². The minimum absolute atomic E-state index is 0.538. The van der Waals surface area contributed by atoms with Crippen LogP contribution in [0, 0.1) is 5.92 Å². The number of hydrogen-bond donors (Lipinski definition) is 0. The molecule has 0 radical (unpaired) electrons. The number of hydrogen-bond acceptors (Lipinski definition) is 0. The molecule has 0 saturated carbocycles. The Bertz CT molecular complexity index is 160. The Morgan fingerprint density at radius 1 is 1.45 bits per heavy atom. The van der Waals surface area contributed by atoms with E-state index in [0.29, 0.717) is 3.93 Å². The molecular weight excluding hydrogens is 286 g/mol. The first-order valence-corrected chi connectivity index (χ1v) is 15.8. The molecule has 11 heavy (non-hydrogen) atoms. The van der Waals surface area contributed by atoms with Crippen LogP contribution in [0.2, 0.25) is 8.87 Å². The molecule has 0 aromatic rings. The average molecular weight is 300 g/mol. The van der Waals surface area contributed by atoms with Crippen LogP contribution < -0.4 is 0 Å². The standard InChI is InChI=1S/C7H11.CH3.2ClH.Sn/c1-7-5-3-2-4-6-7;;;;/h2-4,7H,5-6H2,1H3;1H3;2*1H;/q;;;;+2/p-2. The van der Waals surface area contributed by atoms with Gasteiger partial charge in [-0.15, -0.1) is 0 Å². The van der Waals surface area contributed by atoms with E-state index in [9.17, 15) is 0 Å². The van der Waals surface area contributed by atoms with E-state index in [-0.39, 0.29) is 0 Å². The summed E-state index contributed by atoms with van der Waals surface area (Å²) in [6.07, 6.45) is 6.87. The molecule has 0 unspecified atom stereocenters. The van der Waals surface area contributed by atoms with Crippen LogP contribution in [0.1, 0.15) is 19.8 Å². The van der Waals surface area contributed by atoms with Gasteiger partial charge in [0.25, 0.3) is 0 Å². The molecule has 64 valence electrons. The van der Waals surface area contributed by atoms with Gasteiger partial charge in [0.05, 0.1) is 0 Å². The second-order valence-corrected chi connectivity index (χ2v) is 23.0. The van der Waals surface area contributed by atoms with E-state index in [1.807, 2.05) is 0 Å². The molecule has 0 amide bonds. The van der Waals surface area contributed by atoms with Crippen molar-refractivity contribution in [2.45, 2.75) is 28.6 Å². The summed E-state index contributed by atoms with van der Waals surface area (Å²) in [5.74, 6) is 0.776. The third-order valence-corrected chi connectivity index (χ3v) is 10.9. The zero-order chi connectivity index (χ0) is 8.48. The van der Waals surface area contributed by atoms with Crippen molar-refractivity contribution in [3.63, 3.8) is 0 Å². The van der Waals surface area contributed by atoms with E-state index < -0.39 is 16.1 Å². The molecule has 0 saturated heterocycles. The van der Waals surface area contributed by atoms with Gasteiger partial charge in [-0.05, 0) is 0 Å². The fourth-order valence-electron chi connectivity index (χ4n) is 1.46. The SMILES string of the molecule is C[C@H]1CC=C[C@H]([Sn]([CH3])([Cl])[Cl])C1. The summed E-state index contributed by atoms with van der Waals surface area (Å²) >= 11 is -2.63. The van der Waals surface area contributed by atoms with Crippen molar-refractivity contribution in [1.29, 1.82) is 0 Å². The Kier molecular flexibility index (Phi) is 3.60. The Balaban J connectivity index is 2.60. The monoisotopic (exact) mass is 300 g/mol. The predicted molar refractivity (Wildman–Crippen MR) is 54.6 cm³/mol.